The zero-order valence-electron chi connectivity index (χ0n) is 27.0. The second-order valence-corrected chi connectivity index (χ2v) is 16.0. The molecule has 0 atom stereocenters. The summed E-state index contributed by atoms with van der Waals surface area (Å²) in [5, 5.41) is 37.3. The van der Waals surface area contributed by atoms with Gasteiger partial charge in [-0.05, 0) is 80.4 Å². The molecule has 0 unspecified atom stereocenters. The molecule has 0 saturated heterocycles. The number of fused-ring (bicyclic) bond motifs is 3. The lowest BCUT2D eigenvalue weighted by atomic mass is 9.99. The summed E-state index contributed by atoms with van der Waals surface area (Å²) in [6.45, 7) is 0. The molecule has 0 aliphatic rings. The average molecular weight is 653 g/mol. The molecule has 0 bridgehead atoms. The molecule has 50 heavy (non-hydrogen) atoms. The molecule has 5 heteroatoms. The van der Waals surface area contributed by atoms with Crippen molar-refractivity contribution in [1.82, 2.24) is 4.57 Å². The Bertz CT molecular complexity index is 2580. The lowest BCUT2D eigenvalue weighted by molar-refractivity contribution is 1.18. The van der Waals surface area contributed by atoms with Crippen LogP contribution in [0, 0.1) is 34.0 Å². The van der Waals surface area contributed by atoms with Crippen molar-refractivity contribution in [2.75, 3.05) is 0 Å². The fraction of sp³-hybridized carbons (Fsp3) is 0. The molecular weight excluding hydrogens is 625 g/mol. The highest BCUT2D eigenvalue weighted by Gasteiger charge is 2.45. The normalized spacial score (nSPS) is 11.1. The van der Waals surface area contributed by atoms with Crippen molar-refractivity contribution in [1.29, 1.82) is 15.8 Å². The second-order valence-electron chi connectivity index (χ2n) is 12.3. The zero-order chi connectivity index (χ0) is 34.1. The van der Waals surface area contributed by atoms with Gasteiger partial charge >= 0.3 is 0 Å². The molecule has 0 aliphatic carbocycles. The van der Waals surface area contributed by atoms with Crippen LogP contribution < -0.4 is 20.7 Å². The zero-order valence-corrected chi connectivity index (χ0v) is 28.0. The van der Waals surface area contributed by atoms with Crippen molar-refractivity contribution in [3.63, 3.8) is 0 Å². The van der Waals surface area contributed by atoms with Crippen molar-refractivity contribution in [2.45, 2.75) is 0 Å². The van der Waals surface area contributed by atoms with Crippen LogP contribution >= 0.6 is 0 Å². The van der Waals surface area contributed by atoms with Gasteiger partial charge in [-0.3, -0.25) is 0 Å². The van der Waals surface area contributed by atoms with Crippen LogP contribution in [0.15, 0.2) is 170 Å². The molecule has 8 aromatic rings. The Morgan fingerprint density at radius 2 is 1.02 bits per heavy atom. The van der Waals surface area contributed by atoms with Crippen molar-refractivity contribution >= 4 is 50.6 Å². The van der Waals surface area contributed by atoms with Gasteiger partial charge in [0, 0.05) is 16.5 Å². The number of nitriles is 3. The highest BCUT2D eigenvalue weighted by atomic mass is 28.3. The van der Waals surface area contributed by atoms with Crippen LogP contribution in [-0.2, 0) is 0 Å². The van der Waals surface area contributed by atoms with E-state index in [0.717, 1.165) is 59.4 Å². The Balaban J connectivity index is 1.49. The first kappa shape index (κ1) is 30.4. The summed E-state index contributed by atoms with van der Waals surface area (Å²) in [6, 6.07) is 64.9. The van der Waals surface area contributed by atoms with Gasteiger partial charge in [0.1, 0.15) is 0 Å². The van der Waals surface area contributed by atoms with Gasteiger partial charge in [-0.25, -0.2) is 0 Å². The number of aromatic nitrogens is 1. The Labute approximate surface area is 291 Å². The monoisotopic (exact) mass is 652 g/mol. The van der Waals surface area contributed by atoms with Gasteiger partial charge in [0.2, 0.25) is 0 Å². The van der Waals surface area contributed by atoms with Crippen molar-refractivity contribution in [3.8, 4) is 35.0 Å². The van der Waals surface area contributed by atoms with E-state index in [-0.39, 0.29) is 0 Å². The molecule has 1 aromatic heterocycles. The van der Waals surface area contributed by atoms with Gasteiger partial charge in [-0.15, -0.1) is 0 Å². The molecule has 0 aliphatic heterocycles. The number of benzene rings is 7. The highest BCUT2D eigenvalue weighted by molar-refractivity contribution is 7.20. The molecule has 4 nitrogen and oxygen atoms in total. The lowest BCUT2D eigenvalue weighted by Gasteiger charge is -2.36. The predicted molar refractivity (Wildman–Crippen MR) is 204 cm³/mol. The van der Waals surface area contributed by atoms with E-state index < -0.39 is 8.07 Å². The SMILES string of the molecule is N#Cc1cc(C#N)c([Si](c2ccccc2)(c2ccccc2)c2ccccc2)c(-c2cccc(-n3c4ccccc4c4cc(C#N)ccc43)c2)c1. The molecule has 0 amide bonds. The van der Waals surface area contributed by atoms with Crippen LogP contribution in [0.25, 0.3) is 38.6 Å². The standard InChI is InChI=1S/C45H28N4Si/c46-29-32-23-24-44-42(26-32)40-21-10-11-22-43(40)49(44)36-14-12-13-34(28-36)41-27-33(30-47)25-35(31-48)45(41)50(37-15-4-1-5-16-37,38-17-6-2-7-18-38)39-19-8-3-9-20-39/h1-28H. The first-order chi connectivity index (χ1) is 24.7. The number of rotatable bonds is 6. The fourth-order valence-corrected chi connectivity index (χ4v) is 12.7. The van der Waals surface area contributed by atoms with Gasteiger partial charge in [-0.2, -0.15) is 15.8 Å². The van der Waals surface area contributed by atoms with Crippen LogP contribution in [0.1, 0.15) is 16.7 Å². The average Bonchev–Trinajstić information content (AvgIpc) is 3.53. The minimum absolute atomic E-state index is 0.434. The molecule has 0 radical (unpaired) electrons. The maximum absolute atomic E-state index is 10.9. The Hall–Kier alpha value is -6.97. The maximum atomic E-state index is 10.9. The second kappa shape index (κ2) is 12.6. The topological polar surface area (TPSA) is 76.3 Å². The summed E-state index contributed by atoms with van der Waals surface area (Å²) in [7, 11) is -3.18. The molecule has 0 N–H and O–H groups in total. The summed E-state index contributed by atoms with van der Waals surface area (Å²) in [5.41, 5.74) is 6.27. The van der Waals surface area contributed by atoms with E-state index in [2.05, 4.69) is 126 Å². The Morgan fingerprint density at radius 1 is 0.440 bits per heavy atom. The molecular formula is C45H28N4Si. The van der Waals surface area contributed by atoms with E-state index in [1.807, 2.05) is 60.7 Å². The number of hydrogen-bond acceptors (Lipinski definition) is 3. The molecule has 8 rings (SSSR count). The maximum Gasteiger partial charge on any atom is 0.181 e. The minimum atomic E-state index is -3.18. The lowest BCUT2D eigenvalue weighted by Crippen LogP contribution is -2.75. The molecule has 0 fully saturated rings. The molecule has 232 valence electrons. The quantitative estimate of drug-likeness (QED) is 0.138. The van der Waals surface area contributed by atoms with Crippen LogP contribution in [0.3, 0.4) is 0 Å². The third-order valence-corrected chi connectivity index (χ3v) is 14.5. The summed E-state index contributed by atoms with van der Waals surface area (Å²) >= 11 is 0. The summed E-state index contributed by atoms with van der Waals surface area (Å²) in [5.74, 6) is 0. The van der Waals surface area contributed by atoms with E-state index >= 15 is 0 Å². The third kappa shape index (κ3) is 4.80. The first-order valence-electron chi connectivity index (χ1n) is 16.4. The van der Waals surface area contributed by atoms with Gasteiger partial charge in [0.05, 0.1) is 45.9 Å². The van der Waals surface area contributed by atoms with Crippen LogP contribution in [-0.4, -0.2) is 12.6 Å². The van der Waals surface area contributed by atoms with Crippen LogP contribution in [0.5, 0.6) is 0 Å². The van der Waals surface area contributed by atoms with E-state index in [1.54, 1.807) is 6.07 Å². The van der Waals surface area contributed by atoms with E-state index in [0.29, 0.717) is 16.7 Å². The van der Waals surface area contributed by atoms with Crippen LogP contribution in [0.4, 0.5) is 0 Å². The van der Waals surface area contributed by atoms with Gasteiger partial charge < -0.3 is 4.57 Å². The van der Waals surface area contributed by atoms with Crippen molar-refractivity contribution in [3.05, 3.63) is 187 Å². The largest absolute Gasteiger partial charge is 0.309 e. The van der Waals surface area contributed by atoms with Gasteiger partial charge in [0.25, 0.3) is 0 Å². The van der Waals surface area contributed by atoms with Crippen LogP contribution in [0.2, 0.25) is 0 Å². The Kier molecular flexibility index (Phi) is 7.63. The third-order valence-electron chi connectivity index (χ3n) is 9.60. The molecule has 7 aromatic carbocycles. The van der Waals surface area contributed by atoms with Crippen molar-refractivity contribution in [2.24, 2.45) is 0 Å². The smallest absolute Gasteiger partial charge is 0.181 e. The summed E-state index contributed by atoms with van der Waals surface area (Å²) in [6.07, 6.45) is 0. The first-order valence-corrected chi connectivity index (χ1v) is 18.4. The van der Waals surface area contributed by atoms with E-state index in [4.69, 9.17) is 0 Å². The van der Waals surface area contributed by atoms with Crippen molar-refractivity contribution < 1.29 is 0 Å². The minimum Gasteiger partial charge on any atom is -0.309 e. The summed E-state index contributed by atoms with van der Waals surface area (Å²) in [4.78, 5) is 0. The van der Waals surface area contributed by atoms with Gasteiger partial charge in [-0.1, -0.05) is 121 Å². The predicted octanol–water partition coefficient (Wildman–Crippen LogP) is 7.44. The summed E-state index contributed by atoms with van der Waals surface area (Å²) < 4.78 is 2.23. The number of hydrogen-bond donors (Lipinski definition) is 0. The fourth-order valence-electron chi connectivity index (χ4n) is 7.56. The van der Waals surface area contributed by atoms with E-state index in [9.17, 15) is 15.8 Å². The molecule has 1 heterocycles. The molecule has 0 saturated carbocycles. The Morgan fingerprint density at radius 3 is 1.62 bits per heavy atom. The van der Waals surface area contributed by atoms with Gasteiger partial charge in [0.15, 0.2) is 8.07 Å². The highest BCUT2D eigenvalue weighted by Crippen LogP contribution is 2.34. The van der Waals surface area contributed by atoms with E-state index in [1.165, 1.54) is 0 Å². The molecule has 0 spiro atoms. The number of para-hydroxylation sites is 1. The number of nitrogens with zero attached hydrogens (tertiary/aromatic N) is 4.